The van der Waals surface area contributed by atoms with Crippen LogP contribution in [0.3, 0.4) is 0 Å². The van der Waals surface area contributed by atoms with Crippen molar-refractivity contribution in [3.05, 3.63) is 34.1 Å². The van der Waals surface area contributed by atoms with Gasteiger partial charge in [0.05, 0.1) is 22.3 Å². The molecule has 0 aliphatic carbocycles. The number of nitrogens with one attached hydrogen (secondary N) is 1. The molecule has 0 aliphatic rings. The van der Waals surface area contributed by atoms with E-state index in [-0.39, 0.29) is 0 Å². The molecular formula is C14H15BrN4. The third kappa shape index (κ3) is 2.08. The van der Waals surface area contributed by atoms with Gasteiger partial charge in [0.2, 0.25) is 0 Å². The summed E-state index contributed by atoms with van der Waals surface area (Å²) in [6.07, 6.45) is 2.91. The quantitative estimate of drug-likeness (QED) is 0.784. The standard InChI is InChI=1S/C14H15BrN4/c1-4-11-10(7-19(3)18-11)14-16-12-6-9(15)5-8(2)13(12)17-14/h5-7H,4H2,1-3H3,(H,16,17). The summed E-state index contributed by atoms with van der Waals surface area (Å²) < 4.78 is 2.90. The number of fused-ring (bicyclic) bond motifs is 1. The molecule has 0 spiro atoms. The summed E-state index contributed by atoms with van der Waals surface area (Å²) in [5.41, 5.74) is 5.38. The first kappa shape index (κ1) is 12.4. The summed E-state index contributed by atoms with van der Waals surface area (Å²) in [5.74, 6) is 0.890. The lowest BCUT2D eigenvalue weighted by atomic mass is 10.2. The topological polar surface area (TPSA) is 46.5 Å². The minimum Gasteiger partial charge on any atom is -0.338 e. The molecular weight excluding hydrogens is 304 g/mol. The van der Waals surface area contributed by atoms with Crippen LogP contribution in [0, 0.1) is 6.92 Å². The molecule has 1 aromatic carbocycles. The van der Waals surface area contributed by atoms with Crippen LogP contribution in [0.4, 0.5) is 0 Å². The Labute approximate surface area is 120 Å². The second kappa shape index (κ2) is 4.49. The number of halogens is 1. The van der Waals surface area contributed by atoms with Crippen LogP contribution in [0.15, 0.2) is 22.8 Å². The molecule has 0 radical (unpaired) electrons. The fourth-order valence-electron chi connectivity index (χ4n) is 2.37. The van der Waals surface area contributed by atoms with E-state index in [4.69, 9.17) is 4.98 Å². The summed E-state index contributed by atoms with van der Waals surface area (Å²) in [6.45, 7) is 4.18. The minimum absolute atomic E-state index is 0.890. The van der Waals surface area contributed by atoms with Crippen molar-refractivity contribution in [2.45, 2.75) is 20.3 Å². The summed E-state index contributed by atoms with van der Waals surface area (Å²) in [5, 5.41) is 4.46. The Balaban J connectivity index is 2.23. The molecule has 19 heavy (non-hydrogen) atoms. The third-order valence-electron chi connectivity index (χ3n) is 3.24. The Morgan fingerprint density at radius 1 is 1.37 bits per heavy atom. The fourth-order valence-corrected chi connectivity index (χ4v) is 2.94. The van der Waals surface area contributed by atoms with E-state index in [1.54, 1.807) is 0 Å². The predicted molar refractivity (Wildman–Crippen MR) is 80.1 cm³/mol. The number of aromatic amines is 1. The van der Waals surface area contributed by atoms with Crippen molar-refractivity contribution >= 4 is 27.0 Å². The number of rotatable bonds is 2. The van der Waals surface area contributed by atoms with Gasteiger partial charge in [-0.1, -0.05) is 22.9 Å². The second-order valence-electron chi connectivity index (χ2n) is 4.72. The Kier molecular flexibility index (Phi) is 2.93. The smallest absolute Gasteiger partial charge is 0.141 e. The van der Waals surface area contributed by atoms with Gasteiger partial charge in [-0.05, 0) is 31.0 Å². The van der Waals surface area contributed by atoms with E-state index in [9.17, 15) is 0 Å². The molecule has 0 bridgehead atoms. The normalized spacial score (nSPS) is 11.4. The molecule has 1 N–H and O–H groups in total. The van der Waals surface area contributed by atoms with Crippen molar-refractivity contribution in [2.75, 3.05) is 0 Å². The number of hydrogen-bond donors (Lipinski definition) is 1. The number of H-pyrrole nitrogens is 1. The molecule has 2 heterocycles. The molecule has 4 nitrogen and oxygen atoms in total. The average Bonchev–Trinajstić information content (AvgIpc) is 2.91. The monoisotopic (exact) mass is 318 g/mol. The number of aryl methyl sites for hydroxylation is 3. The first-order valence-corrected chi connectivity index (χ1v) is 7.06. The maximum absolute atomic E-state index is 4.72. The van der Waals surface area contributed by atoms with E-state index in [2.05, 4.69) is 52.0 Å². The molecule has 0 amide bonds. The highest BCUT2D eigenvalue weighted by Gasteiger charge is 2.13. The minimum atomic E-state index is 0.890. The van der Waals surface area contributed by atoms with Gasteiger partial charge in [-0.3, -0.25) is 4.68 Å². The van der Waals surface area contributed by atoms with Crippen LogP contribution >= 0.6 is 15.9 Å². The zero-order valence-electron chi connectivity index (χ0n) is 11.2. The van der Waals surface area contributed by atoms with Gasteiger partial charge in [-0.2, -0.15) is 5.10 Å². The number of aromatic nitrogens is 4. The van der Waals surface area contributed by atoms with Gasteiger partial charge >= 0.3 is 0 Å². The Morgan fingerprint density at radius 2 is 2.16 bits per heavy atom. The maximum atomic E-state index is 4.72. The van der Waals surface area contributed by atoms with Crippen molar-refractivity contribution in [3.63, 3.8) is 0 Å². The van der Waals surface area contributed by atoms with Gasteiger partial charge in [0.15, 0.2) is 0 Å². The van der Waals surface area contributed by atoms with E-state index in [0.717, 1.165) is 44.6 Å². The molecule has 0 atom stereocenters. The first-order valence-electron chi connectivity index (χ1n) is 6.27. The van der Waals surface area contributed by atoms with E-state index < -0.39 is 0 Å². The van der Waals surface area contributed by atoms with Crippen LogP contribution in [0.5, 0.6) is 0 Å². The van der Waals surface area contributed by atoms with Crippen LogP contribution in [-0.2, 0) is 13.5 Å². The Hall–Kier alpha value is -1.62. The van der Waals surface area contributed by atoms with Crippen molar-refractivity contribution in [1.29, 1.82) is 0 Å². The van der Waals surface area contributed by atoms with E-state index in [1.165, 1.54) is 0 Å². The molecule has 2 aromatic heterocycles. The van der Waals surface area contributed by atoms with E-state index in [1.807, 2.05) is 17.9 Å². The van der Waals surface area contributed by atoms with Gasteiger partial charge in [-0.15, -0.1) is 0 Å². The zero-order valence-corrected chi connectivity index (χ0v) is 12.7. The lowest BCUT2D eigenvalue weighted by molar-refractivity contribution is 0.746. The lowest BCUT2D eigenvalue weighted by Gasteiger charge is -1.94. The first-order chi connectivity index (χ1) is 9.08. The lowest BCUT2D eigenvalue weighted by Crippen LogP contribution is -1.89. The fraction of sp³-hybridized carbons (Fsp3) is 0.286. The zero-order chi connectivity index (χ0) is 13.6. The molecule has 5 heteroatoms. The van der Waals surface area contributed by atoms with Crippen LogP contribution < -0.4 is 0 Å². The molecule has 3 rings (SSSR count). The average molecular weight is 319 g/mol. The number of imidazole rings is 1. The summed E-state index contributed by atoms with van der Waals surface area (Å²) >= 11 is 3.52. The third-order valence-corrected chi connectivity index (χ3v) is 3.70. The summed E-state index contributed by atoms with van der Waals surface area (Å²) in [6, 6.07) is 4.14. The van der Waals surface area contributed by atoms with E-state index in [0.29, 0.717) is 0 Å². The van der Waals surface area contributed by atoms with Crippen molar-refractivity contribution < 1.29 is 0 Å². The maximum Gasteiger partial charge on any atom is 0.141 e. The van der Waals surface area contributed by atoms with Crippen LogP contribution in [0.1, 0.15) is 18.2 Å². The van der Waals surface area contributed by atoms with E-state index >= 15 is 0 Å². The Morgan fingerprint density at radius 3 is 2.89 bits per heavy atom. The molecule has 98 valence electrons. The molecule has 0 saturated carbocycles. The van der Waals surface area contributed by atoms with Gasteiger partial charge < -0.3 is 4.98 Å². The van der Waals surface area contributed by atoms with Gasteiger partial charge in [-0.25, -0.2) is 4.98 Å². The van der Waals surface area contributed by atoms with Gasteiger partial charge in [0.25, 0.3) is 0 Å². The number of benzene rings is 1. The predicted octanol–water partition coefficient (Wildman–Crippen LogP) is 3.60. The molecule has 0 fully saturated rings. The molecule has 3 aromatic rings. The second-order valence-corrected chi connectivity index (χ2v) is 5.64. The van der Waals surface area contributed by atoms with Crippen molar-refractivity contribution in [3.8, 4) is 11.4 Å². The van der Waals surface area contributed by atoms with Crippen LogP contribution in [0.25, 0.3) is 22.4 Å². The number of nitrogens with zero attached hydrogens (tertiary/aromatic N) is 3. The van der Waals surface area contributed by atoms with Crippen LogP contribution in [-0.4, -0.2) is 19.7 Å². The van der Waals surface area contributed by atoms with Crippen molar-refractivity contribution in [2.24, 2.45) is 7.05 Å². The molecule has 0 saturated heterocycles. The van der Waals surface area contributed by atoms with Gasteiger partial charge in [0.1, 0.15) is 5.82 Å². The summed E-state index contributed by atoms with van der Waals surface area (Å²) in [7, 11) is 1.94. The highest BCUT2D eigenvalue weighted by molar-refractivity contribution is 9.10. The SMILES string of the molecule is CCc1nn(C)cc1-c1nc2c(C)cc(Br)cc2[nH]1. The molecule has 0 unspecified atom stereocenters. The highest BCUT2D eigenvalue weighted by atomic mass is 79.9. The summed E-state index contributed by atoms with van der Waals surface area (Å²) in [4.78, 5) is 8.10. The molecule has 0 aliphatic heterocycles. The number of hydrogen-bond acceptors (Lipinski definition) is 2. The highest BCUT2D eigenvalue weighted by Crippen LogP contribution is 2.27. The largest absolute Gasteiger partial charge is 0.338 e. The van der Waals surface area contributed by atoms with Crippen LogP contribution in [0.2, 0.25) is 0 Å². The van der Waals surface area contributed by atoms with Gasteiger partial charge in [0, 0.05) is 17.7 Å². The van der Waals surface area contributed by atoms with Crippen molar-refractivity contribution in [1.82, 2.24) is 19.7 Å². The Bertz CT molecular complexity index is 754.